The first-order valence-corrected chi connectivity index (χ1v) is 8.41. The van der Waals surface area contributed by atoms with Gasteiger partial charge in [0, 0.05) is 17.7 Å². The summed E-state index contributed by atoms with van der Waals surface area (Å²) in [4.78, 5) is 59.0. The second-order valence-electron chi connectivity index (χ2n) is 5.59. The highest BCUT2D eigenvalue weighted by Gasteiger charge is 2.19. The number of ether oxygens (including phenoxy) is 1. The zero-order valence-corrected chi connectivity index (χ0v) is 15.1. The Balaban J connectivity index is 1.93. The van der Waals surface area contributed by atoms with Crippen LogP contribution >= 0.6 is 0 Å². The number of Topliss-reactive ketones (excluding diaryl/α,β-unsaturated/α-hetero) is 2. The van der Waals surface area contributed by atoms with E-state index < -0.39 is 36.1 Å². The van der Waals surface area contributed by atoms with E-state index in [1.165, 1.54) is 36.4 Å². The lowest BCUT2D eigenvalue weighted by Crippen LogP contribution is -2.41. The minimum absolute atomic E-state index is 0.0921. The highest BCUT2D eigenvalue weighted by atomic mass is 16.5. The van der Waals surface area contributed by atoms with E-state index in [0.29, 0.717) is 6.54 Å². The van der Waals surface area contributed by atoms with Crippen LogP contribution in [0.15, 0.2) is 54.6 Å². The quantitative estimate of drug-likeness (QED) is 0.428. The van der Waals surface area contributed by atoms with Crippen molar-refractivity contribution in [3.63, 3.8) is 0 Å². The molecule has 8 nitrogen and oxygen atoms in total. The Labute approximate surface area is 160 Å². The van der Waals surface area contributed by atoms with Gasteiger partial charge in [-0.25, -0.2) is 9.59 Å². The number of ketones is 2. The van der Waals surface area contributed by atoms with Crippen molar-refractivity contribution in [3.8, 4) is 0 Å². The van der Waals surface area contributed by atoms with Crippen molar-refractivity contribution < 1.29 is 28.7 Å². The minimum atomic E-state index is -0.806. The smallest absolute Gasteiger partial charge is 0.338 e. The van der Waals surface area contributed by atoms with Crippen LogP contribution in [-0.2, 0) is 9.53 Å². The lowest BCUT2D eigenvalue weighted by Gasteiger charge is -2.07. The van der Waals surface area contributed by atoms with Crippen molar-refractivity contribution >= 4 is 29.5 Å². The lowest BCUT2D eigenvalue weighted by molar-refractivity contribution is -0.123. The summed E-state index contributed by atoms with van der Waals surface area (Å²) in [5.74, 6) is -2.94. The van der Waals surface area contributed by atoms with Gasteiger partial charge < -0.3 is 10.1 Å². The summed E-state index contributed by atoms with van der Waals surface area (Å²) in [5, 5.41) is 4.35. The molecule has 0 aliphatic carbocycles. The van der Waals surface area contributed by atoms with Crippen LogP contribution in [-0.4, -0.2) is 42.6 Å². The number of amides is 3. The predicted molar refractivity (Wildman–Crippen MR) is 99.0 cm³/mol. The molecule has 0 saturated heterocycles. The molecule has 2 rings (SSSR count). The first-order chi connectivity index (χ1) is 13.4. The SMILES string of the molecule is CCNC(=O)NC(=O)COC(=O)c1ccc(C(=O)C(=O)c2ccccc2)cc1. The van der Waals surface area contributed by atoms with Crippen LogP contribution in [0.5, 0.6) is 0 Å². The van der Waals surface area contributed by atoms with Crippen LogP contribution in [0.25, 0.3) is 0 Å². The number of urea groups is 1. The van der Waals surface area contributed by atoms with Crippen molar-refractivity contribution in [2.45, 2.75) is 6.92 Å². The number of nitrogens with one attached hydrogen (secondary N) is 2. The highest BCUT2D eigenvalue weighted by Crippen LogP contribution is 2.10. The van der Waals surface area contributed by atoms with Crippen molar-refractivity contribution in [3.05, 3.63) is 71.3 Å². The fourth-order valence-electron chi connectivity index (χ4n) is 2.19. The third-order valence-corrected chi connectivity index (χ3v) is 3.55. The van der Waals surface area contributed by atoms with Gasteiger partial charge in [-0.15, -0.1) is 0 Å². The maximum absolute atomic E-state index is 12.2. The molecule has 0 aromatic heterocycles. The van der Waals surface area contributed by atoms with Gasteiger partial charge in [0.05, 0.1) is 5.56 Å². The van der Waals surface area contributed by atoms with Gasteiger partial charge in [0.25, 0.3) is 5.91 Å². The normalized spacial score (nSPS) is 9.89. The maximum Gasteiger partial charge on any atom is 0.338 e. The van der Waals surface area contributed by atoms with E-state index in [-0.39, 0.29) is 16.7 Å². The first-order valence-electron chi connectivity index (χ1n) is 8.41. The summed E-state index contributed by atoms with van der Waals surface area (Å²) in [6, 6.07) is 12.7. The van der Waals surface area contributed by atoms with Crippen molar-refractivity contribution in [1.82, 2.24) is 10.6 Å². The summed E-state index contributed by atoms with van der Waals surface area (Å²) in [6.07, 6.45) is 0. The molecule has 0 heterocycles. The Kier molecular flexibility index (Phi) is 7.15. The largest absolute Gasteiger partial charge is 0.452 e. The van der Waals surface area contributed by atoms with Crippen molar-refractivity contribution in [2.24, 2.45) is 0 Å². The van der Waals surface area contributed by atoms with Crippen LogP contribution in [0.2, 0.25) is 0 Å². The summed E-state index contributed by atoms with van der Waals surface area (Å²) in [6.45, 7) is 1.39. The molecule has 8 heteroatoms. The number of esters is 1. The number of carbonyl (C=O) groups is 5. The molecule has 28 heavy (non-hydrogen) atoms. The molecular formula is C20H18N2O6. The number of hydrogen-bond donors (Lipinski definition) is 2. The van der Waals surface area contributed by atoms with Gasteiger partial charge in [-0.05, 0) is 19.1 Å². The molecule has 2 aromatic carbocycles. The van der Waals surface area contributed by atoms with E-state index in [1.807, 2.05) is 5.32 Å². The number of hydrogen-bond acceptors (Lipinski definition) is 6. The molecular weight excluding hydrogens is 364 g/mol. The van der Waals surface area contributed by atoms with E-state index in [2.05, 4.69) is 5.32 Å². The number of imide groups is 1. The van der Waals surface area contributed by atoms with Gasteiger partial charge in [-0.3, -0.25) is 19.7 Å². The molecule has 2 N–H and O–H groups in total. The predicted octanol–water partition coefficient (Wildman–Crippen LogP) is 1.75. The van der Waals surface area contributed by atoms with Crippen LogP contribution in [0.3, 0.4) is 0 Å². The molecule has 0 aliphatic heterocycles. The molecule has 0 spiro atoms. The van der Waals surface area contributed by atoms with Gasteiger partial charge in [0.2, 0.25) is 11.6 Å². The fourth-order valence-corrected chi connectivity index (χ4v) is 2.19. The Morgan fingerprint density at radius 3 is 1.89 bits per heavy atom. The molecule has 0 unspecified atom stereocenters. The topological polar surface area (TPSA) is 119 Å². The molecule has 144 valence electrons. The molecule has 0 bridgehead atoms. The first kappa shape index (κ1) is 20.5. The van der Waals surface area contributed by atoms with Gasteiger partial charge in [-0.2, -0.15) is 0 Å². The van der Waals surface area contributed by atoms with Crippen LogP contribution < -0.4 is 10.6 Å². The average molecular weight is 382 g/mol. The molecule has 3 amide bonds. The molecule has 2 aromatic rings. The van der Waals surface area contributed by atoms with Crippen molar-refractivity contribution in [2.75, 3.05) is 13.2 Å². The Morgan fingerprint density at radius 1 is 0.786 bits per heavy atom. The number of carbonyl (C=O) groups excluding carboxylic acids is 5. The van der Waals surface area contributed by atoms with E-state index in [9.17, 15) is 24.0 Å². The van der Waals surface area contributed by atoms with Crippen LogP contribution in [0.4, 0.5) is 4.79 Å². The molecule has 0 radical (unpaired) electrons. The van der Waals surface area contributed by atoms with Crippen LogP contribution in [0, 0.1) is 0 Å². The van der Waals surface area contributed by atoms with Crippen molar-refractivity contribution in [1.29, 1.82) is 0 Å². The van der Waals surface area contributed by atoms with E-state index in [4.69, 9.17) is 4.74 Å². The summed E-state index contributed by atoms with van der Waals surface area (Å²) < 4.78 is 4.80. The summed E-state index contributed by atoms with van der Waals surface area (Å²) >= 11 is 0. The Bertz CT molecular complexity index is 891. The van der Waals surface area contributed by atoms with Gasteiger partial charge in [-0.1, -0.05) is 42.5 Å². The number of rotatable bonds is 7. The molecule has 0 atom stereocenters. The lowest BCUT2D eigenvalue weighted by atomic mass is 10.0. The summed E-state index contributed by atoms with van der Waals surface area (Å²) in [7, 11) is 0. The second-order valence-corrected chi connectivity index (χ2v) is 5.59. The Morgan fingerprint density at radius 2 is 1.32 bits per heavy atom. The van der Waals surface area contributed by atoms with E-state index >= 15 is 0 Å². The highest BCUT2D eigenvalue weighted by molar-refractivity contribution is 6.49. The van der Waals surface area contributed by atoms with Gasteiger partial charge in [0.15, 0.2) is 6.61 Å². The van der Waals surface area contributed by atoms with Gasteiger partial charge in [0.1, 0.15) is 0 Å². The average Bonchev–Trinajstić information content (AvgIpc) is 2.71. The summed E-state index contributed by atoms with van der Waals surface area (Å²) in [5.41, 5.74) is 0.489. The third kappa shape index (κ3) is 5.60. The zero-order valence-electron chi connectivity index (χ0n) is 15.1. The molecule has 0 fully saturated rings. The third-order valence-electron chi connectivity index (χ3n) is 3.55. The van der Waals surface area contributed by atoms with Gasteiger partial charge >= 0.3 is 12.0 Å². The monoisotopic (exact) mass is 382 g/mol. The number of benzene rings is 2. The minimum Gasteiger partial charge on any atom is -0.452 e. The maximum atomic E-state index is 12.2. The molecule has 0 aliphatic rings. The second kappa shape index (κ2) is 9.77. The van der Waals surface area contributed by atoms with E-state index in [1.54, 1.807) is 25.1 Å². The Hall–Kier alpha value is -3.81. The fraction of sp³-hybridized carbons (Fsp3) is 0.150. The molecule has 0 saturated carbocycles. The van der Waals surface area contributed by atoms with Crippen LogP contribution in [0.1, 0.15) is 38.0 Å². The zero-order chi connectivity index (χ0) is 20.5. The standard InChI is InChI=1S/C20H18N2O6/c1-2-21-20(27)22-16(23)12-28-19(26)15-10-8-14(9-11-15)18(25)17(24)13-6-4-3-5-7-13/h3-11H,2,12H2,1H3,(H2,21,22,23,27). The van der Waals surface area contributed by atoms with E-state index in [0.717, 1.165) is 0 Å².